The summed E-state index contributed by atoms with van der Waals surface area (Å²) in [5.41, 5.74) is 2.32. The SMILES string of the molecule is CN(C)c1cccc2c(S(=O)(=O)N3CCNCC3)cccc12.CN1[C]N(Cc2ccccc2)C=C1.[I][Pt][I]. The Bertz CT molecular complexity index is 1290. The van der Waals surface area contributed by atoms with Crippen LogP contribution in [-0.4, -0.2) is 69.8 Å². The number of anilines is 1. The average Bonchev–Trinajstić information content (AvgIpc) is 3.34. The molecule has 11 heteroatoms. The molecule has 1 saturated heterocycles. The summed E-state index contributed by atoms with van der Waals surface area (Å²) in [6.45, 7) is 6.49. The maximum absolute atomic E-state index is 13.0. The van der Waals surface area contributed by atoms with Crippen molar-refractivity contribution < 1.29 is 19.6 Å². The van der Waals surface area contributed by atoms with E-state index in [9.17, 15) is 8.42 Å². The van der Waals surface area contributed by atoms with Gasteiger partial charge in [0.15, 0.2) is 0 Å². The van der Waals surface area contributed by atoms with Crippen molar-refractivity contribution in [1.82, 2.24) is 19.4 Å². The van der Waals surface area contributed by atoms with Gasteiger partial charge in [0, 0.05) is 82.7 Å². The number of piperazine rings is 1. The van der Waals surface area contributed by atoms with Crippen LogP contribution in [0.4, 0.5) is 5.69 Å². The molecule has 2 aliphatic heterocycles. The summed E-state index contributed by atoms with van der Waals surface area (Å²) in [7, 11) is 2.45. The molecule has 3 aromatic carbocycles. The molecule has 0 atom stereocenters. The van der Waals surface area contributed by atoms with Gasteiger partial charge in [0.2, 0.25) is 16.7 Å². The minimum atomic E-state index is -3.46. The van der Waals surface area contributed by atoms with Crippen LogP contribution in [-0.2, 0) is 27.8 Å². The standard InChI is InChI=1S/C16H21N3O2S.C11H12N2.2HI.Pt/c1-18(2)15-7-3-6-14-13(15)5-4-8-16(14)22(20,21)19-11-9-17-10-12-19;1-12-7-8-13(10-12)9-11-5-3-2-4-6-11;;;/h3-8,17H,9-12H2,1-2H3;2-8H,9H2,1H3;2*1H;/q;;;;+2/p-2. The van der Waals surface area contributed by atoms with Crippen molar-refractivity contribution in [3.05, 3.63) is 91.4 Å². The summed E-state index contributed by atoms with van der Waals surface area (Å²) < 4.78 is 27.5. The number of benzene rings is 3. The molecule has 0 aromatic heterocycles. The third kappa shape index (κ3) is 8.79. The summed E-state index contributed by atoms with van der Waals surface area (Å²) in [5, 5.41) is 4.93. The molecular formula is C27H33I2N5O2PtS. The van der Waals surface area contributed by atoms with E-state index in [0.717, 1.165) is 23.0 Å². The molecule has 2 aliphatic rings. The van der Waals surface area contributed by atoms with Gasteiger partial charge in [-0.05, 0) is 17.7 Å². The van der Waals surface area contributed by atoms with Gasteiger partial charge in [0.25, 0.3) is 0 Å². The van der Waals surface area contributed by atoms with Crippen molar-refractivity contribution in [2.75, 3.05) is 52.2 Å². The van der Waals surface area contributed by atoms with Crippen LogP contribution in [0.2, 0.25) is 0 Å². The number of halogens is 2. The topological polar surface area (TPSA) is 59.1 Å². The molecule has 2 heterocycles. The molecular weight excluding hydrogens is 907 g/mol. The van der Waals surface area contributed by atoms with Crippen LogP contribution in [0.1, 0.15) is 5.56 Å². The van der Waals surface area contributed by atoms with E-state index >= 15 is 0 Å². The van der Waals surface area contributed by atoms with Crippen molar-refractivity contribution >= 4 is 65.2 Å². The van der Waals surface area contributed by atoms with Gasteiger partial charge >= 0.3 is 49.9 Å². The summed E-state index contributed by atoms with van der Waals surface area (Å²) in [4.78, 5) is 6.36. The zero-order valence-electron chi connectivity index (χ0n) is 21.6. The van der Waals surface area contributed by atoms with E-state index in [1.54, 1.807) is 10.4 Å². The van der Waals surface area contributed by atoms with Gasteiger partial charge in [-0.25, -0.2) is 8.42 Å². The zero-order chi connectivity index (χ0) is 27.5. The van der Waals surface area contributed by atoms with Crippen LogP contribution in [0.5, 0.6) is 0 Å². The third-order valence-electron chi connectivity index (χ3n) is 5.99. The Morgan fingerprint density at radius 3 is 2.16 bits per heavy atom. The Morgan fingerprint density at radius 2 is 1.55 bits per heavy atom. The van der Waals surface area contributed by atoms with Gasteiger partial charge in [-0.15, -0.1) is 0 Å². The first-order chi connectivity index (χ1) is 18.3. The number of sulfonamides is 1. The number of nitrogens with zero attached hydrogens (tertiary/aromatic N) is 4. The first-order valence-corrected chi connectivity index (χ1v) is 26.3. The predicted octanol–water partition coefficient (Wildman–Crippen LogP) is 5.17. The van der Waals surface area contributed by atoms with E-state index in [4.69, 9.17) is 0 Å². The molecule has 1 fully saturated rings. The van der Waals surface area contributed by atoms with Crippen molar-refractivity contribution in [2.45, 2.75) is 11.4 Å². The van der Waals surface area contributed by atoms with Crippen molar-refractivity contribution in [1.29, 1.82) is 0 Å². The quantitative estimate of drug-likeness (QED) is 0.357. The fourth-order valence-corrected chi connectivity index (χ4v) is 5.87. The van der Waals surface area contributed by atoms with Crippen LogP contribution < -0.4 is 10.2 Å². The van der Waals surface area contributed by atoms with Gasteiger partial charge in [-0.1, -0.05) is 54.6 Å². The fourth-order valence-electron chi connectivity index (χ4n) is 4.22. The number of rotatable bonds is 5. The molecule has 0 aliphatic carbocycles. The van der Waals surface area contributed by atoms with E-state index in [0.29, 0.717) is 42.3 Å². The third-order valence-corrected chi connectivity index (χ3v) is 7.94. The van der Waals surface area contributed by atoms with E-state index < -0.39 is 10.0 Å². The van der Waals surface area contributed by atoms with E-state index in [2.05, 4.69) is 75.0 Å². The van der Waals surface area contributed by atoms with Crippen molar-refractivity contribution in [3.63, 3.8) is 0 Å². The van der Waals surface area contributed by atoms with Crippen molar-refractivity contribution in [3.8, 4) is 0 Å². The molecule has 0 saturated carbocycles. The molecule has 38 heavy (non-hydrogen) atoms. The summed E-state index contributed by atoms with van der Waals surface area (Å²) in [6.07, 6.45) is 4.01. The first kappa shape index (κ1) is 31.6. The normalized spacial score (nSPS) is 15.6. The van der Waals surface area contributed by atoms with E-state index in [1.165, 1.54) is 5.56 Å². The minimum absolute atomic E-state index is 0.399. The second kappa shape index (κ2) is 15.8. The number of hydrogen-bond acceptors (Lipinski definition) is 6. The van der Waals surface area contributed by atoms with E-state index in [-0.39, 0.29) is 0 Å². The fraction of sp³-hybridized carbons (Fsp3) is 0.296. The van der Waals surface area contributed by atoms with Crippen LogP contribution in [0.25, 0.3) is 10.8 Å². The molecule has 208 valence electrons. The Hall–Kier alpha value is -0.922. The molecule has 3 aromatic rings. The molecule has 2 radical (unpaired) electrons. The molecule has 0 unspecified atom stereocenters. The second-order valence-corrected chi connectivity index (χ2v) is 27.3. The second-order valence-electron chi connectivity index (χ2n) is 8.84. The molecule has 0 spiro atoms. The number of hydrogen-bond donors (Lipinski definition) is 1. The van der Waals surface area contributed by atoms with Crippen LogP contribution >= 0.6 is 38.7 Å². The molecule has 1 N–H and O–H groups in total. The van der Waals surface area contributed by atoms with Crippen LogP contribution in [0.3, 0.4) is 0 Å². The number of nitrogens with one attached hydrogen (secondary N) is 1. The Balaban J connectivity index is 0.000000212. The average molecular weight is 941 g/mol. The Labute approximate surface area is 256 Å². The van der Waals surface area contributed by atoms with Gasteiger partial charge < -0.3 is 20.0 Å². The first-order valence-electron chi connectivity index (χ1n) is 12.0. The monoisotopic (exact) mass is 940 g/mol. The maximum atomic E-state index is 13.0. The van der Waals surface area contributed by atoms with E-state index in [1.807, 2.05) is 84.6 Å². The summed E-state index contributed by atoms with van der Waals surface area (Å²) in [5.74, 6) is 0. The van der Waals surface area contributed by atoms with Gasteiger partial charge in [0.1, 0.15) is 0 Å². The summed E-state index contributed by atoms with van der Waals surface area (Å²) in [6, 6.07) is 21.7. The van der Waals surface area contributed by atoms with Gasteiger partial charge in [0.05, 0.1) is 4.90 Å². The molecule has 0 bridgehead atoms. The summed E-state index contributed by atoms with van der Waals surface area (Å²) >= 11 is 5.30. The molecule has 7 nitrogen and oxygen atoms in total. The Morgan fingerprint density at radius 1 is 0.921 bits per heavy atom. The predicted molar refractivity (Wildman–Crippen MR) is 170 cm³/mol. The van der Waals surface area contributed by atoms with Gasteiger partial charge in [-0.2, -0.15) is 4.31 Å². The zero-order valence-corrected chi connectivity index (χ0v) is 29.0. The van der Waals surface area contributed by atoms with Crippen molar-refractivity contribution in [2.24, 2.45) is 0 Å². The molecule has 5 rings (SSSR count). The van der Waals surface area contributed by atoms with Crippen LogP contribution in [0.15, 0.2) is 84.0 Å². The van der Waals surface area contributed by atoms with Gasteiger partial charge in [-0.3, -0.25) is 0 Å². The van der Waals surface area contributed by atoms with Crippen LogP contribution in [0, 0.1) is 6.67 Å². The Kier molecular flexibility index (Phi) is 13.1. The molecule has 0 amide bonds. The number of fused-ring (bicyclic) bond motifs is 1.